The molecular weight excluding hydrogens is 362 g/mol. The fourth-order valence-electron chi connectivity index (χ4n) is 3.07. The van der Waals surface area contributed by atoms with E-state index < -0.39 is 35.3 Å². The fraction of sp³-hybridized carbons (Fsp3) is 0.850. The van der Waals surface area contributed by atoms with Crippen LogP contribution >= 0.6 is 0 Å². The van der Waals surface area contributed by atoms with E-state index in [9.17, 15) is 19.5 Å². The van der Waals surface area contributed by atoms with Crippen molar-refractivity contribution in [2.45, 2.75) is 91.2 Å². The second-order valence-corrected chi connectivity index (χ2v) is 8.36. The zero-order chi connectivity index (χ0) is 21.7. The number of amides is 3. The second-order valence-electron chi connectivity index (χ2n) is 8.36. The highest BCUT2D eigenvalue weighted by Gasteiger charge is 2.37. The highest BCUT2D eigenvalue weighted by atomic mass is 16.5. The van der Waals surface area contributed by atoms with Crippen LogP contribution in [0.4, 0.5) is 0 Å². The predicted molar refractivity (Wildman–Crippen MR) is 107 cm³/mol. The summed E-state index contributed by atoms with van der Waals surface area (Å²) in [5, 5.41) is 24.2. The molecular formula is C20H39N3O5. The van der Waals surface area contributed by atoms with Gasteiger partial charge in [-0.25, -0.2) is 5.48 Å². The van der Waals surface area contributed by atoms with Crippen LogP contribution in [0.5, 0.6) is 0 Å². The molecule has 0 aliphatic carbocycles. The van der Waals surface area contributed by atoms with Gasteiger partial charge < -0.3 is 15.7 Å². The SMILES string of the molecule is CCCCCCCCC[C@H](C(=O)N[C@H](C(=O)NC)C(C)(C)C)[C@H](O)C(=O)NO. The van der Waals surface area contributed by atoms with Crippen molar-refractivity contribution in [2.24, 2.45) is 11.3 Å². The van der Waals surface area contributed by atoms with Crippen molar-refractivity contribution in [3.63, 3.8) is 0 Å². The number of hydroxylamine groups is 1. The molecule has 0 rings (SSSR count). The summed E-state index contributed by atoms with van der Waals surface area (Å²) in [6, 6.07) is -0.814. The Morgan fingerprint density at radius 3 is 1.89 bits per heavy atom. The molecule has 28 heavy (non-hydrogen) atoms. The molecule has 0 aliphatic heterocycles. The number of hydrogen-bond acceptors (Lipinski definition) is 5. The highest BCUT2D eigenvalue weighted by molar-refractivity contribution is 5.92. The van der Waals surface area contributed by atoms with Crippen LogP contribution < -0.4 is 16.1 Å². The normalized spacial score (nSPS) is 14.7. The van der Waals surface area contributed by atoms with Crippen LogP contribution in [0, 0.1) is 11.3 Å². The molecule has 0 saturated heterocycles. The first-order chi connectivity index (χ1) is 13.1. The maximum Gasteiger partial charge on any atom is 0.272 e. The number of nitrogens with one attached hydrogen (secondary N) is 3. The van der Waals surface area contributed by atoms with Crippen LogP contribution in [0.3, 0.4) is 0 Å². The number of likely N-dealkylation sites (N-methyl/N-ethyl adjacent to an activating group) is 1. The summed E-state index contributed by atoms with van der Waals surface area (Å²) in [5.74, 6) is -3.00. The summed E-state index contributed by atoms with van der Waals surface area (Å²) in [6.45, 7) is 7.60. The summed E-state index contributed by atoms with van der Waals surface area (Å²) >= 11 is 0. The van der Waals surface area contributed by atoms with Gasteiger partial charge in [-0.3, -0.25) is 19.6 Å². The highest BCUT2D eigenvalue weighted by Crippen LogP contribution is 2.22. The van der Waals surface area contributed by atoms with Crippen LogP contribution in [0.15, 0.2) is 0 Å². The van der Waals surface area contributed by atoms with Gasteiger partial charge in [-0.15, -0.1) is 0 Å². The molecule has 8 heteroatoms. The van der Waals surface area contributed by atoms with Gasteiger partial charge in [0.1, 0.15) is 12.1 Å². The smallest absolute Gasteiger partial charge is 0.272 e. The third kappa shape index (κ3) is 9.50. The van der Waals surface area contributed by atoms with Gasteiger partial charge in [0.2, 0.25) is 11.8 Å². The largest absolute Gasteiger partial charge is 0.382 e. The second kappa shape index (κ2) is 13.5. The summed E-state index contributed by atoms with van der Waals surface area (Å²) in [6.07, 6.45) is 5.86. The molecule has 5 N–H and O–H groups in total. The molecule has 0 heterocycles. The lowest BCUT2D eigenvalue weighted by Crippen LogP contribution is -2.56. The molecule has 0 bridgehead atoms. The lowest BCUT2D eigenvalue weighted by Gasteiger charge is -2.32. The third-order valence-corrected chi connectivity index (χ3v) is 4.88. The Balaban J connectivity index is 5.00. The number of carbonyl (C=O) groups is 3. The van der Waals surface area contributed by atoms with Gasteiger partial charge in [0.15, 0.2) is 0 Å². The monoisotopic (exact) mass is 401 g/mol. The van der Waals surface area contributed by atoms with Crippen LogP contribution in [-0.2, 0) is 14.4 Å². The first-order valence-electron chi connectivity index (χ1n) is 10.2. The lowest BCUT2D eigenvalue weighted by atomic mass is 9.85. The Morgan fingerprint density at radius 2 is 1.43 bits per heavy atom. The van der Waals surface area contributed by atoms with Gasteiger partial charge >= 0.3 is 0 Å². The van der Waals surface area contributed by atoms with E-state index in [0.717, 1.165) is 19.3 Å². The van der Waals surface area contributed by atoms with Gasteiger partial charge in [-0.2, -0.15) is 0 Å². The van der Waals surface area contributed by atoms with Crippen LogP contribution in [0.2, 0.25) is 0 Å². The number of aliphatic hydroxyl groups excluding tert-OH is 1. The zero-order valence-electron chi connectivity index (χ0n) is 18.0. The third-order valence-electron chi connectivity index (χ3n) is 4.88. The van der Waals surface area contributed by atoms with Crippen LogP contribution in [0.1, 0.15) is 79.1 Å². The van der Waals surface area contributed by atoms with Crippen molar-refractivity contribution in [1.82, 2.24) is 16.1 Å². The van der Waals surface area contributed by atoms with Gasteiger partial charge in [0.05, 0.1) is 5.92 Å². The van der Waals surface area contributed by atoms with Gasteiger partial charge in [0, 0.05) is 7.05 Å². The van der Waals surface area contributed by atoms with E-state index in [1.807, 2.05) is 20.8 Å². The molecule has 0 unspecified atom stereocenters. The Morgan fingerprint density at radius 1 is 0.893 bits per heavy atom. The van der Waals surface area contributed by atoms with E-state index >= 15 is 0 Å². The minimum atomic E-state index is -1.68. The standard InChI is InChI=1S/C20H39N3O5/c1-6-7-8-9-10-11-12-13-14(15(24)18(26)23-28)17(25)22-16(19(27)21-5)20(2,3)4/h14-16,24,28H,6-13H2,1-5H3,(H,21,27)(H,22,25)(H,23,26)/t14-,15-,16+/m0/s1. The summed E-state index contributed by atoms with van der Waals surface area (Å²) in [4.78, 5) is 36.6. The van der Waals surface area contributed by atoms with Crippen molar-refractivity contribution in [3.05, 3.63) is 0 Å². The molecule has 0 saturated carbocycles. The average molecular weight is 402 g/mol. The summed E-state index contributed by atoms with van der Waals surface area (Å²) in [7, 11) is 1.48. The first kappa shape index (κ1) is 26.3. The van der Waals surface area contributed by atoms with Crippen molar-refractivity contribution in [1.29, 1.82) is 0 Å². The van der Waals surface area contributed by atoms with Crippen LogP contribution in [-0.4, -0.2) is 47.2 Å². The Labute approximate surface area is 168 Å². The van der Waals surface area contributed by atoms with E-state index in [0.29, 0.717) is 12.8 Å². The Hall–Kier alpha value is -1.67. The number of unbranched alkanes of at least 4 members (excludes halogenated alkanes) is 6. The molecule has 0 aromatic heterocycles. The number of hydrogen-bond donors (Lipinski definition) is 5. The molecule has 8 nitrogen and oxygen atoms in total. The van der Waals surface area contributed by atoms with E-state index in [4.69, 9.17) is 5.21 Å². The van der Waals surface area contributed by atoms with E-state index in [2.05, 4.69) is 17.6 Å². The zero-order valence-corrected chi connectivity index (χ0v) is 18.0. The van der Waals surface area contributed by atoms with Gasteiger partial charge in [0.25, 0.3) is 5.91 Å². The van der Waals surface area contributed by atoms with Gasteiger partial charge in [-0.1, -0.05) is 72.6 Å². The Kier molecular flexibility index (Phi) is 12.7. The fourth-order valence-corrected chi connectivity index (χ4v) is 3.07. The number of rotatable bonds is 13. The maximum absolute atomic E-state index is 12.8. The van der Waals surface area contributed by atoms with E-state index in [-0.39, 0.29) is 5.91 Å². The van der Waals surface area contributed by atoms with E-state index in [1.54, 1.807) is 0 Å². The topological polar surface area (TPSA) is 128 Å². The maximum atomic E-state index is 12.8. The van der Waals surface area contributed by atoms with E-state index in [1.165, 1.54) is 31.8 Å². The minimum Gasteiger partial charge on any atom is -0.382 e. The predicted octanol–water partition coefficient (Wildman–Crippen LogP) is 1.89. The Bertz CT molecular complexity index is 491. The van der Waals surface area contributed by atoms with Gasteiger partial charge in [-0.05, 0) is 11.8 Å². The molecule has 0 aromatic carbocycles. The van der Waals surface area contributed by atoms with Crippen molar-refractivity contribution in [2.75, 3.05) is 7.05 Å². The summed E-state index contributed by atoms with van der Waals surface area (Å²) in [5.41, 5.74) is 0.842. The minimum absolute atomic E-state index is 0.290. The van der Waals surface area contributed by atoms with Crippen molar-refractivity contribution < 1.29 is 24.7 Å². The average Bonchev–Trinajstić information content (AvgIpc) is 2.65. The molecule has 0 aliphatic rings. The molecule has 0 radical (unpaired) electrons. The molecule has 0 aromatic rings. The van der Waals surface area contributed by atoms with Crippen molar-refractivity contribution >= 4 is 17.7 Å². The summed E-state index contributed by atoms with van der Waals surface area (Å²) < 4.78 is 0. The first-order valence-corrected chi connectivity index (χ1v) is 10.2. The molecule has 164 valence electrons. The van der Waals surface area contributed by atoms with Crippen molar-refractivity contribution in [3.8, 4) is 0 Å². The number of aliphatic hydroxyl groups is 1. The molecule has 3 atom stereocenters. The molecule has 0 fully saturated rings. The van der Waals surface area contributed by atoms with Crippen LogP contribution in [0.25, 0.3) is 0 Å². The quantitative estimate of drug-likeness (QED) is 0.183. The molecule has 3 amide bonds. The lowest BCUT2D eigenvalue weighted by molar-refractivity contribution is -0.147. The number of carbonyl (C=O) groups excluding carboxylic acids is 3. The molecule has 0 spiro atoms.